The van der Waals surface area contributed by atoms with Crippen molar-refractivity contribution in [3.63, 3.8) is 0 Å². The van der Waals surface area contributed by atoms with E-state index in [0.717, 1.165) is 29.6 Å². The Morgan fingerprint density at radius 1 is 0.960 bits per heavy atom. The van der Waals surface area contributed by atoms with E-state index < -0.39 is 11.9 Å². The highest BCUT2D eigenvalue weighted by molar-refractivity contribution is 7.09. The molecule has 2 heterocycles. The Morgan fingerprint density at radius 2 is 1.76 bits per heavy atom. The van der Waals surface area contributed by atoms with E-state index in [4.69, 9.17) is 0 Å². The Labute approximate surface area is 146 Å². The predicted octanol–water partition coefficient (Wildman–Crippen LogP) is 4.35. The molecule has 0 fully saturated rings. The Balaban J connectivity index is 1.51. The van der Waals surface area contributed by atoms with Crippen molar-refractivity contribution in [3.05, 3.63) is 69.8 Å². The van der Waals surface area contributed by atoms with Crippen molar-refractivity contribution in [2.24, 2.45) is 0 Å². The third kappa shape index (κ3) is 4.99. The lowest BCUT2D eigenvalue weighted by molar-refractivity contribution is -0.141. The molecule has 1 aromatic carbocycles. The largest absolute Gasteiger partial charge is 0.435 e. The minimum Gasteiger partial charge on any atom is -0.363 e. The molecule has 25 heavy (non-hydrogen) atoms. The number of aryl methyl sites for hydroxylation is 2. The summed E-state index contributed by atoms with van der Waals surface area (Å²) in [6.45, 7) is 0.391. The summed E-state index contributed by atoms with van der Waals surface area (Å²) in [5, 5.41) is 12.6. The maximum atomic E-state index is 12.4. The van der Waals surface area contributed by atoms with E-state index in [1.54, 1.807) is 11.3 Å². The van der Waals surface area contributed by atoms with Gasteiger partial charge in [0.05, 0.1) is 17.2 Å². The molecule has 0 bridgehead atoms. The third-order valence-corrected chi connectivity index (χ3v) is 4.43. The van der Waals surface area contributed by atoms with Crippen LogP contribution in [0.4, 0.5) is 19.0 Å². The van der Waals surface area contributed by atoms with Gasteiger partial charge in [0.25, 0.3) is 0 Å². The first-order chi connectivity index (χ1) is 12.0. The van der Waals surface area contributed by atoms with E-state index in [-0.39, 0.29) is 5.82 Å². The fourth-order valence-corrected chi connectivity index (χ4v) is 3.00. The molecule has 0 aliphatic rings. The highest BCUT2D eigenvalue weighted by Gasteiger charge is 2.32. The number of anilines is 1. The third-order valence-electron chi connectivity index (χ3n) is 3.48. The van der Waals surface area contributed by atoms with E-state index in [0.29, 0.717) is 6.54 Å². The quantitative estimate of drug-likeness (QED) is 0.707. The summed E-state index contributed by atoms with van der Waals surface area (Å²) < 4.78 is 37.3. The van der Waals surface area contributed by atoms with Crippen molar-refractivity contribution >= 4 is 17.2 Å². The van der Waals surface area contributed by atoms with Crippen LogP contribution in [0.1, 0.15) is 22.0 Å². The fourth-order valence-electron chi connectivity index (χ4n) is 2.20. The molecule has 3 rings (SSSR count). The Bertz CT molecular complexity index is 801. The molecule has 0 atom stereocenters. The Hall–Kier alpha value is -2.48. The molecule has 0 aliphatic carbocycles. The van der Waals surface area contributed by atoms with Crippen LogP contribution in [0, 0.1) is 0 Å². The van der Waals surface area contributed by atoms with Crippen LogP contribution in [0.2, 0.25) is 0 Å². The van der Waals surface area contributed by atoms with Gasteiger partial charge in [0.2, 0.25) is 0 Å². The number of alkyl halides is 3. The number of nitrogens with one attached hydrogen (secondary N) is 1. The molecular formula is C17H15F3N4S. The van der Waals surface area contributed by atoms with Gasteiger partial charge in [0.15, 0.2) is 5.69 Å². The molecule has 0 amide bonds. The minimum absolute atomic E-state index is 0.284. The average Bonchev–Trinajstić information content (AvgIpc) is 3.07. The second-order valence-electron chi connectivity index (χ2n) is 5.37. The zero-order chi connectivity index (χ0) is 17.7. The van der Waals surface area contributed by atoms with Crippen LogP contribution in [0.3, 0.4) is 0 Å². The molecule has 0 aliphatic heterocycles. The summed E-state index contributed by atoms with van der Waals surface area (Å²) in [5.41, 5.74) is 1.09. The number of hydrogen-bond donors (Lipinski definition) is 1. The maximum Gasteiger partial charge on any atom is 0.435 e. The second kappa shape index (κ2) is 7.60. The molecule has 0 saturated heterocycles. The van der Waals surface area contributed by atoms with Crippen LogP contribution >= 0.6 is 11.3 Å². The van der Waals surface area contributed by atoms with Crippen molar-refractivity contribution < 1.29 is 13.2 Å². The minimum atomic E-state index is -4.48. The number of hydrogen-bond acceptors (Lipinski definition) is 5. The van der Waals surface area contributed by atoms with Gasteiger partial charge < -0.3 is 5.32 Å². The average molecular weight is 364 g/mol. The first-order valence-electron chi connectivity index (χ1n) is 7.63. The smallest absolute Gasteiger partial charge is 0.363 e. The standard InChI is InChI=1S/C17H15F3N4S/c18-17(19,20)14-7-8-15(24-23-14)21-10-13-11-25-16(22-13)9-6-12-4-2-1-3-5-12/h1-5,7-8,11H,6,9-10H2,(H,21,24). The highest BCUT2D eigenvalue weighted by atomic mass is 32.1. The van der Waals surface area contributed by atoms with Crippen molar-refractivity contribution in [3.8, 4) is 0 Å². The van der Waals surface area contributed by atoms with Crippen molar-refractivity contribution in [1.82, 2.24) is 15.2 Å². The second-order valence-corrected chi connectivity index (χ2v) is 6.32. The first kappa shape index (κ1) is 17.3. The van der Waals surface area contributed by atoms with Gasteiger partial charge in [-0.1, -0.05) is 30.3 Å². The molecule has 4 nitrogen and oxygen atoms in total. The lowest BCUT2D eigenvalue weighted by Gasteiger charge is -2.06. The number of aromatic nitrogens is 3. The lowest BCUT2D eigenvalue weighted by Crippen LogP contribution is -2.10. The SMILES string of the molecule is FC(F)(F)c1ccc(NCc2csc(CCc3ccccc3)n2)nn1. The molecule has 0 spiro atoms. The van der Waals surface area contributed by atoms with Crippen molar-refractivity contribution in [1.29, 1.82) is 0 Å². The van der Waals surface area contributed by atoms with Gasteiger partial charge in [-0.25, -0.2) is 4.98 Å². The Morgan fingerprint density at radius 3 is 2.44 bits per heavy atom. The van der Waals surface area contributed by atoms with Gasteiger partial charge in [-0.3, -0.25) is 0 Å². The van der Waals surface area contributed by atoms with Crippen LogP contribution in [-0.2, 0) is 25.6 Å². The van der Waals surface area contributed by atoms with Crippen LogP contribution < -0.4 is 5.32 Å². The van der Waals surface area contributed by atoms with E-state index in [9.17, 15) is 13.2 Å². The molecule has 0 unspecified atom stereocenters. The van der Waals surface area contributed by atoms with Crippen molar-refractivity contribution in [2.75, 3.05) is 5.32 Å². The molecular weight excluding hydrogens is 349 g/mol. The van der Waals surface area contributed by atoms with E-state index in [1.165, 1.54) is 11.6 Å². The van der Waals surface area contributed by atoms with Crippen molar-refractivity contribution in [2.45, 2.75) is 25.6 Å². The Kier molecular flexibility index (Phi) is 5.28. The summed E-state index contributed by atoms with van der Waals surface area (Å²) in [7, 11) is 0. The normalized spacial score (nSPS) is 11.5. The lowest BCUT2D eigenvalue weighted by atomic mass is 10.1. The molecule has 2 aromatic heterocycles. The number of rotatable bonds is 6. The van der Waals surface area contributed by atoms with Crippen LogP contribution in [0.15, 0.2) is 47.8 Å². The van der Waals surface area contributed by atoms with E-state index in [1.807, 2.05) is 23.6 Å². The zero-order valence-electron chi connectivity index (χ0n) is 13.1. The highest BCUT2D eigenvalue weighted by Crippen LogP contribution is 2.27. The number of thiazole rings is 1. The van der Waals surface area contributed by atoms with E-state index >= 15 is 0 Å². The van der Waals surface area contributed by atoms with Gasteiger partial charge in [-0.05, 0) is 24.1 Å². The van der Waals surface area contributed by atoms with Gasteiger partial charge in [-0.15, -0.1) is 21.5 Å². The number of benzene rings is 1. The summed E-state index contributed by atoms with van der Waals surface area (Å²) in [5.74, 6) is 0.284. The molecule has 1 N–H and O–H groups in total. The molecule has 0 saturated carbocycles. The van der Waals surface area contributed by atoms with Crippen LogP contribution in [0.25, 0.3) is 0 Å². The maximum absolute atomic E-state index is 12.4. The predicted molar refractivity (Wildman–Crippen MR) is 90.3 cm³/mol. The molecule has 130 valence electrons. The topological polar surface area (TPSA) is 50.7 Å². The monoisotopic (exact) mass is 364 g/mol. The van der Waals surface area contributed by atoms with Crippen LogP contribution in [0.5, 0.6) is 0 Å². The first-order valence-corrected chi connectivity index (χ1v) is 8.51. The zero-order valence-corrected chi connectivity index (χ0v) is 13.9. The summed E-state index contributed by atoms with van der Waals surface area (Å²) in [6, 6.07) is 12.3. The summed E-state index contributed by atoms with van der Waals surface area (Å²) in [6.07, 6.45) is -2.70. The molecule has 0 radical (unpaired) electrons. The fraction of sp³-hybridized carbons (Fsp3) is 0.235. The van der Waals surface area contributed by atoms with Gasteiger partial charge in [-0.2, -0.15) is 13.2 Å². The molecule has 3 aromatic rings. The summed E-state index contributed by atoms with van der Waals surface area (Å²) >= 11 is 1.57. The summed E-state index contributed by atoms with van der Waals surface area (Å²) in [4.78, 5) is 4.53. The van der Waals surface area contributed by atoms with Gasteiger partial charge >= 0.3 is 6.18 Å². The van der Waals surface area contributed by atoms with Gasteiger partial charge in [0.1, 0.15) is 5.82 Å². The van der Waals surface area contributed by atoms with E-state index in [2.05, 4.69) is 32.6 Å². The van der Waals surface area contributed by atoms with Gasteiger partial charge in [0, 0.05) is 11.8 Å². The number of nitrogens with zero attached hydrogens (tertiary/aromatic N) is 3. The molecule has 8 heteroatoms. The van der Waals surface area contributed by atoms with Crippen LogP contribution in [-0.4, -0.2) is 15.2 Å². The number of halogens is 3.